The lowest BCUT2D eigenvalue weighted by Gasteiger charge is -2.53. The van der Waals surface area contributed by atoms with E-state index in [0.717, 1.165) is 10.6 Å². The van der Waals surface area contributed by atoms with Crippen LogP contribution in [-0.2, 0) is 16.6 Å². The first-order valence-corrected chi connectivity index (χ1v) is 13.6. The van der Waals surface area contributed by atoms with E-state index in [4.69, 9.17) is 0 Å². The normalized spacial score (nSPS) is 26.3. The number of aromatic nitrogens is 2. The van der Waals surface area contributed by atoms with Crippen LogP contribution in [0.1, 0.15) is 46.1 Å². The fourth-order valence-electron chi connectivity index (χ4n) is 6.83. The molecule has 3 aliphatic heterocycles. The number of anilines is 1. The zero-order valence-electron chi connectivity index (χ0n) is 23.2. The first-order valence-electron chi connectivity index (χ1n) is 13.6. The third-order valence-corrected chi connectivity index (χ3v) is 8.53. The van der Waals surface area contributed by atoms with E-state index in [1.165, 1.54) is 9.13 Å². The summed E-state index contributed by atoms with van der Waals surface area (Å²) in [6.07, 6.45) is -0.903. The van der Waals surface area contributed by atoms with Crippen LogP contribution in [-0.4, -0.2) is 92.7 Å². The molecule has 4 heterocycles. The molecule has 218 valence electrons. The van der Waals surface area contributed by atoms with Gasteiger partial charge in [0.05, 0.1) is 22.8 Å². The van der Waals surface area contributed by atoms with Crippen LogP contribution in [0.5, 0.6) is 0 Å². The highest BCUT2D eigenvalue weighted by Gasteiger charge is 2.60. The number of halogens is 2. The van der Waals surface area contributed by atoms with Gasteiger partial charge in [0, 0.05) is 46.2 Å². The fourth-order valence-corrected chi connectivity index (χ4v) is 6.83. The Morgan fingerprint density at radius 3 is 2.33 bits per heavy atom. The molecule has 5 rings (SSSR count). The average Bonchev–Trinajstić information content (AvgIpc) is 3.12. The van der Waals surface area contributed by atoms with Gasteiger partial charge in [-0.15, -0.1) is 0 Å². The Morgan fingerprint density at radius 1 is 1.05 bits per heavy atom. The van der Waals surface area contributed by atoms with Crippen molar-refractivity contribution in [2.75, 3.05) is 37.6 Å². The highest BCUT2D eigenvalue weighted by Crippen LogP contribution is 2.44. The number of fused-ring (bicyclic) bond motifs is 1. The number of nitrogens with one attached hydrogen (secondary N) is 1. The summed E-state index contributed by atoms with van der Waals surface area (Å²) in [5.74, 6) is -4.10. The quantitative estimate of drug-likeness (QED) is 0.551. The summed E-state index contributed by atoms with van der Waals surface area (Å²) in [6, 6.07) is 2.13. The van der Waals surface area contributed by atoms with Crippen LogP contribution in [0.15, 0.2) is 23.0 Å². The minimum absolute atomic E-state index is 0.0464. The molecule has 2 aromatic rings. The maximum atomic E-state index is 15.9. The Bertz CT molecular complexity index is 1400. The van der Waals surface area contributed by atoms with Crippen molar-refractivity contribution < 1.29 is 28.3 Å². The lowest BCUT2D eigenvalue weighted by atomic mass is 9.76. The van der Waals surface area contributed by atoms with Crippen molar-refractivity contribution in [1.82, 2.24) is 24.3 Å². The number of imidazole rings is 1. The number of hydrogen-bond acceptors (Lipinski definition) is 6. The Labute approximate surface area is 230 Å². The van der Waals surface area contributed by atoms with Gasteiger partial charge in [-0.1, -0.05) is 26.8 Å². The molecule has 0 radical (unpaired) electrons. The van der Waals surface area contributed by atoms with Crippen LogP contribution >= 0.6 is 0 Å². The summed E-state index contributed by atoms with van der Waals surface area (Å²) in [6.45, 7) is 6.56. The molecule has 3 aliphatic rings. The number of carbonyl (C=O) groups is 3. The van der Waals surface area contributed by atoms with Crippen molar-refractivity contribution in [3.63, 3.8) is 0 Å². The molecule has 40 heavy (non-hydrogen) atoms. The highest BCUT2D eigenvalue weighted by molar-refractivity contribution is 6.00. The smallest absolute Gasteiger partial charge is 0.407 e. The van der Waals surface area contributed by atoms with Crippen LogP contribution in [0.3, 0.4) is 0 Å². The third-order valence-electron chi connectivity index (χ3n) is 8.53. The third kappa shape index (κ3) is 4.53. The van der Waals surface area contributed by atoms with Crippen molar-refractivity contribution in [3.05, 3.63) is 28.7 Å². The Kier molecular flexibility index (Phi) is 6.92. The molecular formula is C27H36F2N6O5. The fraction of sp³-hybridized carbons (Fsp3) is 0.630. The van der Waals surface area contributed by atoms with Gasteiger partial charge in [0.2, 0.25) is 11.8 Å². The standard InChI is InChI=1S/C27H36F2N6O5/c1-26(2,3)23-27(28,29)19(10-11-34(23)25(39)40)33-14-12-32(13-15-33)16-6-5-7-17-21(16)31(4)24(38)35(17)18-8-9-20(36)30-22(18)37/h5-7,18-19,23H,8-15H2,1-4H3,(H,39,40)(H,30,36,37). The largest absolute Gasteiger partial charge is 0.465 e. The number of piperidine rings is 2. The number of carbonyl (C=O) groups excluding carboxylic acids is 2. The lowest BCUT2D eigenvalue weighted by Crippen LogP contribution is -2.69. The lowest BCUT2D eigenvalue weighted by molar-refractivity contribution is -0.183. The van der Waals surface area contributed by atoms with Crippen molar-refractivity contribution in [2.24, 2.45) is 12.5 Å². The zero-order valence-corrected chi connectivity index (χ0v) is 23.2. The predicted molar refractivity (Wildman–Crippen MR) is 144 cm³/mol. The van der Waals surface area contributed by atoms with Crippen LogP contribution < -0.4 is 15.9 Å². The number of nitrogens with zero attached hydrogens (tertiary/aromatic N) is 5. The van der Waals surface area contributed by atoms with E-state index in [1.807, 2.05) is 6.07 Å². The molecule has 3 unspecified atom stereocenters. The molecule has 2 N–H and O–H groups in total. The summed E-state index contributed by atoms with van der Waals surface area (Å²) in [5.41, 5.74) is 0.663. The molecule has 11 nitrogen and oxygen atoms in total. The number of rotatable bonds is 3. The molecule has 0 spiro atoms. The molecule has 0 saturated carbocycles. The monoisotopic (exact) mass is 562 g/mol. The molecule has 1 aromatic carbocycles. The second-order valence-corrected chi connectivity index (χ2v) is 12.1. The Morgan fingerprint density at radius 2 is 1.73 bits per heavy atom. The number of para-hydroxylation sites is 1. The van der Waals surface area contributed by atoms with E-state index in [2.05, 4.69) is 10.2 Å². The summed E-state index contributed by atoms with van der Waals surface area (Å²) in [5, 5.41) is 11.9. The average molecular weight is 563 g/mol. The minimum Gasteiger partial charge on any atom is -0.465 e. The molecule has 1 aromatic heterocycles. The SMILES string of the molecule is Cn1c(=O)n(C2CCC(=O)NC2=O)c2cccc(N3CCN(C4CCN(C(=O)O)C(C(C)(C)C)C4(F)F)CC3)c21. The molecule has 3 amide bonds. The van der Waals surface area contributed by atoms with Gasteiger partial charge in [0.1, 0.15) is 12.1 Å². The number of alkyl halides is 2. The van der Waals surface area contributed by atoms with Crippen molar-refractivity contribution in [1.29, 1.82) is 0 Å². The minimum atomic E-state index is -3.24. The van der Waals surface area contributed by atoms with E-state index in [-0.39, 0.29) is 37.4 Å². The van der Waals surface area contributed by atoms with Gasteiger partial charge in [0.25, 0.3) is 5.92 Å². The van der Waals surface area contributed by atoms with Crippen LogP contribution in [0.25, 0.3) is 11.0 Å². The summed E-state index contributed by atoms with van der Waals surface area (Å²) in [7, 11) is 1.64. The number of aryl methyl sites for hydroxylation is 1. The number of piperazine rings is 1. The number of carboxylic acid groups (broad SMARTS) is 1. The second kappa shape index (κ2) is 9.86. The molecule has 13 heteroatoms. The van der Waals surface area contributed by atoms with Crippen LogP contribution in [0.2, 0.25) is 0 Å². The van der Waals surface area contributed by atoms with Gasteiger partial charge < -0.3 is 10.0 Å². The van der Waals surface area contributed by atoms with Crippen LogP contribution in [0, 0.1) is 5.41 Å². The molecule has 0 aliphatic carbocycles. The Balaban J connectivity index is 1.39. The van der Waals surface area contributed by atoms with E-state index in [0.29, 0.717) is 37.2 Å². The molecule has 3 saturated heterocycles. The first-order chi connectivity index (χ1) is 18.7. The number of amides is 3. The summed E-state index contributed by atoms with van der Waals surface area (Å²) >= 11 is 0. The second-order valence-electron chi connectivity index (χ2n) is 12.1. The number of benzene rings is 1. The maximum Gasteiger partial charge on any atom is 0.407 e. The zero-order chi connectivity index (χ0) is 29.1. The number of imide groups is 1. The van der Waals surface area contributed by atoms with Crippen LogP contribution in [0.4, 0.5) is 19.3 Å². The summed E-state index contributed by atoms with van der Waals surface area (Å²) < 4.78 is 34.8. The molecular weight excluding hydrogens is 526 g/mol. The van der Waals surface area contributed by atoms with Crippen molar-refractivity contribution in [3.8, 4) is 0 Å². The van der Waals surface area contributed by atoms with Gasteiger partial charge in [0.15, 0.2) is 0 Å². The van der Waals surface area contributed by atoms with E-state index in [1.54, 1.807) is 44.9 Å². The number of likely N-dealkylation sites (tertiary alicyclic amines) is 1. The van der Waals surface area contributed by atoms with E-state index < -0.39 is 41.5 Å². The van der Waals surface area contributed by atoms with Gasteiger partial charge in [-0.25, -0.2) is 18.4 Å². The molecule has 3 atom stereocenters. The summed E-state index contributed by atoms with van der Waals surface area (Å²) in [4.78, 5) is 54.0. The molecule has 3 fully saturated rings. The van der Waals surface area contributed by atoms with E-state index >= 15 is 8.78 Å². The van der Waals surface area contributed by atoms with Gasteiger partial charge in [-0.2, -0.15) is 0 Å². The number of hydrogen-bond donors (Lipinski definition) is 2. The highest BCUT2D eigenvalue weighted by atomic mass is 19.3. The van der Waals surface area contributed by atoms with Crippen molar-refractivity contribution >= 4 is 34.6 Å². The molecule has 0 bridgehead atoms. The predicted octanol–water partition coefficient (Wildman–Crippen LogP) is 2.24. The van der Waals surface area contributed by atoms with Gasteiger partial charge >= 0.3 is 11.8 Å². The Hall–Kier alpha value is -3.48. The van der Waals surface area contributed by atoms with Gasteiger partial charge in [-0.3, -0.25) is 33.8 Å². The van der Waals surface area contributed by atoms with Gasteiger partial charge in [-0.05, 0) is 30.4 Å². The van der Waals surface area contributed by atoms with E-state index in [9.17, 15) is 24.3 Å². The topological polar surface area (TPSA) is 120 Å². The van der Waals surface area contributed by atoms with Crippen molar-refractivity contribution in [2.45, 2.75) is 64.1 Å². The maximum absolute atomic E-state index is 15.9. The first kappa shape index (κ1) is 28.1.